The second kappa shape index (κ2) is 9.49. The minimum absolute atomic E-state index is 0.0568. The summed E-state index contributed by atoms with van der Waals surface area (Å²) >= 11 is 3.43. The van der Waals surface area contributed by atoms with Crippen LogP contribution in [0.3, 0.4) is 0 Å². The minimum Gasteiger partial charge on any atom is -0.507 e. The van der Waals surface area contributed by atoms with Gasteiger partial charge in [-0.2, -0.15) is 0 Å². The third-order valence-electron chi connectivity index (χ3n) is 5.76. The number of aromatic amines is 1. The molecule has 5 aromatic rings. The van der Waals surface area contributed by atoms with Crippen LogP contribution in [0.2, 0.25) is 0 Å². The van der Waals surface area contributed by atoms with E-state index in [1.165, 1.54) is 6.07 Å². The first-order valence-corrected chi connectivity index (χ1v) is 11.7. The summed E-state index contributed by atoms with van der Waals surface area (Å²) in [5.41, 5.74) is 6.14. The average Bonchev–Trinajstić information content (AvgIpc) is 3.25. The van der Waals surface area contributed by atoms with E-state index in [-0.39, 0.29) is 17.1 Å². The molecule has 0 radical (unpaired) electrons. The Bertz CT molecular complexity index is 1450. The zero-order valence-electron chi connectivity index (χ0n) is 18.2. The number of carbonyl (C=O) groups excluding carboxylic acids is 1. The summed E-state index contributed by atoms with van der Waals surface area (Å²) in [6.45, 7) is 0. The lowest BCUT2D eigenvalue weighted by Gasteiger charge is -2.11. The monoisotopic (exact) mass is 508 g/mol. The summed E-state index contributed by atoms with van der Waals surface area (Å²) in [7, 11) is 0. The normalized spacial score (nSPS) is 10.9. The van der Waals surface area contributed by atoms with E-state index in [9.17, 15) is 9.90 Å². The van der Waals surface area contributed by atoms with Crippen LogP contribution >= 0.6 is 15.9 Å². The number of phenols is 1. The molecule has 2 N–H and O–H groups in total. The fourth-order valence-electron chi connectivity index (χ4n) is 4.19. The highest BCUT2D eigenvalue weighted by Crippen LogP contribution is 2.39. The van der Waals surface area contributed by atoms with Gasteiger partial charge in [0.15, 0.2) is 5.78 Å². The largest absolute Gasteiger partial charge is 0.507 e. The molecule has 0 aliphatic rings. The zero-order valence-corrected chi connectivity index (χ0v) is 19.8. The van der Waals surface area contributed by atoms with Crippen LogP contribution in [-0.2, 0) is 6.42 Å². The molecule has 2 aromatic heterocycles. The molecule has 0 unspecified atom stereocenters. The summed E-state index contributed by atoms with van der Waals surface area (Å²) < 4.78 is 0.723. The number of nitrogens with one attached hydrogen (secondary N) is 1. The van der Waals surface area contributed by atoms with Crippen molar-refractivity contribution in [3.05, 3.63) is 130 Å². The van der Waals surface area contributed by atoms with E-state index in [1.54, 1.807) is 24.5 Å². The molecular weight excluding hydrogens is 488 g/mol. The van der Waals surface area contributed by atoms with Crippen molar-refractivity contribution in [3.8, 4) is 28.1 Å². The lowest BCUT2D eigenvalue weighted by molar-refractivity contribution is 0.103. The van der Waals surface area contributed by atoms with Crippen molar-refractivity contribution in [2.75, 3.05) is 0 Å². The van der Waals surface area contributed by atoms with Crippen LogP contribution in [-0.4, -0.2) is 20.9 Å². The van der Waals surface area contributed by atoms with Crippen molar-refractivity contribution in [2.24, 2.45) is 0 Å². The molecular formula is C29H21BrN2O2. The van der Waals surface area contributed by atoms with Crippen LogP contribution in [0, 0.1) is 0 Å². The molecule has 0 aliphatic heterocycles. The Hall–Kier alpha value is -3.96. The van der Waals surface area contributed by atoms with Crippen molar-refractivity contribution in [1.82, 2.24) is 9.97 Å². The third kappa shape index (κ3) is 4.30. The molecule has 0 fully saturated rings. The van der Waals surface area contributed by atoms with Gasteiger partial charge in [-0.05, 0) is 47.0 Å². The number of carbonyl (C=O) groups is 1. The van der Waals surface area contributed by atoms with Gasteiger partial charge in [0.1, 0.15) is 5.75 Å². The SMILES string of the molecule is O=C(c1cc(Br)ccc1O)c1c(-c2ccccc2)[nH]c(Cc2ccccc2)c1-c1ccncc1. The Balaban J connectivity index is 1.80. The number of rotatable bonds is 6. The predicted molar refractivity (Wildman–Crippen MR) is 138 cm³/mol. The Kier molecular flexibility index (Phi) is 6.11. The quantitative estimate of drug-likeness (QED) is 0.242. The van der Waals surface area contributed by atoms with Crippen LogP contribution in [0.15, 0.2) is 108 Å². The standard InChI is InChI=1S/C29H21BrN2O2/c30-22-11-12-25(33)23(18-22)29(34)27-26(20-13-15-31-16-14-20)24(17-19-7-3-1-4-8-19)32-28(27)21-9-5-2-6-10-21/h1-16,18,32-33H,17H2. The molecule has 5 heteroatoms. The number of phenolic OH excluding ortho intramolecular Hbond substituents is 1. The average molecular weight is 509 g/mol. The Morgan fingerprint density at radius 3 is 2.24 bits per heavy atom. The molecule has 5 rings (SSSR count). The maximum Gasteiger partial charge on any atom is 0.199 e. The van der Waals surface area contributed by atoms with Crippen molar-refractivity contribution in [3.63, 3.8) is 0 Å². The molecule has 0 atom stereocenters. The number of hydrogen-bond donors (Lipinski definition) is 2. The molecule has 0 aliphatic carbocycles. The number of pyridine rings is 1. The minimum atomic E-state index is -0.250. The van der Waals surface area contributed by atoms with E-state index in [0.717, 1.165) is 38.1 Å². The van der Waals surface area contributed by atoms with Gasteiger partial charge >= 0.3 is 0 Å². The smallest absolute Gasteiger partial charge is 0.199 e. The van der Waals surface area contributed by atoms with Gasteiger partial charge in [0.2, 0.25) is 0 Å². The second-order valence-corrected chi connectivity index (χ2v) is 8.90. The Morgan fingerprint density at radius 1 is 0.853 bits per heavy atom. The molecule has 0 amide bonds. The molecule has 2 heterocycles. The van der Waals surface area contributed by atoms with Crippen molar-refractivity contribution < 1.29 is 9.90 Å². The number of H-pyrrole nitrogens is 1. The van der Waals surface area contributed by atoms with Crippen LogP contribution in [0.4, 0.5) is 0 Å². The maximum absolute atomic E-state index is 14.1. The molecule has 3 aromatic carbocycles. The van der Waals surface area contributed by atoms with Crippen LogP contribution in [0.1, 0.15) is 27.2 Å². The van der Waals surface area contributed by atoms with E-state index in [2.05, 4.69) is 38.0 Å². The zero-order chi connectivity index (χ0) is 23.5. The lowest BCUT2D eigenvalue weighted by Crippen LogP contribution is -2.05. The van der Waals surface area contributed by atoms with Crippen LogP contribution in [0.25, 0.3) is 22.4 Å². The highest BCUT2D eigenvalue weighted by Gasteiger charge is 2.27. The lowest BCUT2D eigenvalue weighted by atomic mass is 9.91. The van der Waals surface area contributed by atoms with Gasteiger partial charge in [0, 0.05) is 34.5 Å². The van der Waals surface area contributed by atoms with Gasteiger partial charge in [0.05, 0.1) is 16.8 Å². The first-order valence-electron chi connectivity index (χ1n) is 10.9. The van der Waals surface area contributed by atoms with E-state index in [0.29, 0.717) is 12.0 Å². The maximum atomic E-state index is 14.1. The van der Waals surface area contributed by atoms with E-state index in [1.807, 2.05) is 60.7 Å². The molecule has 34 heavy (non-hydrogen) atoms. The van der Waals surface area contributed by atoms with E-state index >= 15 is 0 Å². The second-order valence-electron chi connectivity index (χ2n) is 7.98. The first kappa shape index (κ1) is 21.9. The van der Waals surface area contributed by atoms with Gasteiger partial charge in [-0.1, -0.05) is 76.6 Å². The van der Waals surface area contributed by atoms with Crippen LogP contribution in [0.5, 0.6) is 5.75 Å². The highest BCUT2D eigenvalue weighted by atomic mass is 79.9. The van der Waals surface area contributed by atoms with Gasteiger partial charge in [-0.15, -0.1) is 0 Å². The van der Waals surface area contributed by atoms with Gasteiger partial charge in [-0.25, -0.2) is 0 Å². The molecule has 0 spiro atoms. The van der Waals surface area contributed by atoms with Gasteiger partial charge in [0.25, 0.3) is 0 Å². The summed E-state index contributed by atoms with van der Waals surface area (Å²) in [6.07, 6.45) is 4.07. The number of nitrogens with zero attached hydrogens (tertiary/aromatic N) is 1. The number of aromatic hydroxyl groups is 1. The van der Waals surface area contributed by atoms with Crippen molar-refractivity contribution in [1.29, 1.82) is 0 Å². The molecule has 0 saturated heterocycles. The number of ketones is 1. The highest BCUT2D eigenvalue weighted by molar-refractivity contribution is 9.10. The molecule has 4 nitrogen and oxygen atoms in total. The summed E-state index contributed by atoms with van der Waals surface area (Å²) in [6, 6.07) is 28.7. The fraction of sp³-hybridized carbons (Fsp3) is 0.0345. The molecule has 0 saturated carbocycles. The van der Waals surface area contributed by atoms with Gasteiger partial charge in [-0.3, -0.25) is 9.78 Å². The number of hydrogen-bond acceptors (Lipinski definition) is 3. The van der Waals surface area contributed by atoms with Crippen molar-refractivity contribution in [2.45, 2.75) is 6.42 Å². The third-order valence-corrected chi connectivity index (χ3v) is 6.26. The summed E-state index contributed by atoms with van der Waals surface area (Å²) in [4.78, 5) is 21.8. The summed E-state index contributed by atoms with van der Waals surface area (Å²) in [5.74, 6) is -0.307. The number of halogens is 1. The number of benzene rings is 3. The van der Waals surface area contributed by atoms with E-state index in [4.69, 9.17) is 0 Å². The molecule has 166 valence electrons. The predicted octanol–water partition coefficient (Wildman–Crippen LogP) is 7.03. The summed E-state index contributed by atoms with van der Waals surface area (Å²) in [5, 5.41) is 10.6. The van der Waals surface area contributed by atoms with Crippen LogP contribution < -0.4 is 0 Å². The fourth-order valence-corrected chi connectivity index (χ4v) is 4.56. The Morgan fingerprint density at radius 2 is 1.53 bits per heavy atom. The molecule has 0 bridgehead atoms. The Labute approximate surface area is 206 Å². The number of aromatic nitrogens is 2. The first-order chi connectivity index (χ1) is 16.6. The van der Waals surface area contributed by atoms with Gasteiger partial charge < -0.3 is 10.1 Å². The topological polar surface area (TPSA) is 66.0 Å². The van der Waals surface area contributed by atoms with Crippen molar-refractivity contribution >= 4 is 21.7 Å². The van der Waals surface area contributed by atoms with E-state index < -0.39 is 0 Å².